The molecule has 2 aliphatic rings. The van der Waals surface area contributed by atoms with Gasteiger partial charge in [0.25, 0.3) is 0 Å². The van der Waals surface area contributed by atoms with Crippen molar-refractivity contribution in [3.63, 3.8) is 0 Å². The summed E-state index contributed by atoms with van der Waals surface area (Å²) in [5.41, 5.74) is 5.75. The second-order valence-electron chi connectivity index (χ2n) is 6.07. The number of hydrogen-bond acceptors (Lipinski definition) is 6. The topological polar surface area (TPSA) is 121 Å². The quantitative estimate of drug-likeness (QED) is 0.787. The third kappa shape index (κ3) is 4.07. The maximum Gasteiger partial charge on any atom is 0.414 e. The number of nitrogens with one attached hydrogen (secondary N) is 1. The van der Waals surface area contributed by atoms with E-state index in [2.05, 4.69) is 10.4 Å². The highest BCUT2D eigenvalue weighted by Gasteiger charge is 2.33. The van der Waals surface area contributed by atoms with Crippen LogP contribution in [0.25, 0.3) is 0 Å². The maximum absolute atomic E-state index is 14.6. The third-order valence-corrected chi connectivity index (χ3v) is 4.14. The number of nitrogens with two attached hydrogens (primary N) is 1. The Kier molecular flexibility index (Phi) is 5.10. The highest BCUT2D eigenvalue weighted by atomic mass is 19.1. The molecule has 0 radical (unpaired) electrons. The molecule has 27 heavy (non-hydrogen) atoms. The summed E-state index contributed by atoms with van der Waals surface area (Å²) in [5, 5.41) is 7.52. The Labute approximate surface area is 154 Å². The molecule has 3 N–H and O–H groups in total. The van der Waals surface area contributed by atoms with Crippen molar-refractivity contribution in [2.75, 3.05) is 36.0 Å². The molecule has 0 spiro atoms. The lowest BCUT2D eigenvalue weighted by Crippen LogP contribution is -2.43. The fourth-order valence-electron chi connectivity index (χ4n) is 2.79. The zero-order valence-electron chi connectivity index (χ0n) is 14.6. The molecule has 2 aliphatic heterocycles. The smallest absolute Gasteiger partial charge is 0.414 e. The van der Waals surface area contributed by atoms with Gasteiger partial charge >= 0.3 is 12.1 Å². The summed E-state index contributed by atoms with van der Waals surface area (Å²) in [7, 11) is 0. The Morgan fingerprint density at radius 1 is 1.41 bits per heavy atom. The molecule has 1 saturated heterocycles. The first-order valence-electron chi connectivity index (χ1n) is 8.25. The lowest BCUT2D eigenvalue weighted by molar-refractivity contribution is -0.119. The van der Waals surface area contributed by atoms with E-state index in [9.17, 15) is 18.8 Å². The molecule has 4 amide bonds. The van der Waals surface area contributed by atoms with Crippen LogP contribution in [0.4, 0.5) is 25.4 Å². The number of rotatable bonds is 4. The van der Waals surface area contributed by atoms with Crippen molar-refractivity contribution in [3.05, 3.63) is 24.0 Å². The SMILES string of the molecule is CC(=O)NCC1CN(c2ccc(N3C=NN(C(N)=O)CC3)c(F)c2)C(=O)O1. The molecule has 1 aromatic rings. The van der Waals surface area contributed by atoms with Gasteiger partial charge in [-0.2, -0.15) is 5.10 Å². The van der Waals surface area contributed by atoms with Crippen LogP contribution >= 0.6 is 0 Å². The van der Waals surface area contributed by atoms with E-state index in [-0.39, 0.29) is 31.2 Å². The van der Waals surface area contributed by atoms with Crippen LogP contribution in [0.5, 0.6) is 0 Å². The van der Waals surface area contributed by atoms with Gasteiger partial charge in [-0.25, -0.2) is 19.0 Å². The lowest BCUT2D eigenvalue weighted by Gasteiger charge is -2.28. The van der Waals surface area contributed by atoms with Gasteiger partial charge in [-0.3, -0.25) is 9.69 Å². The largest absolute Gasteiger partial charge is 0.442 e. The molecule has 10 nitrogen and oxygen atoms in total. The Morgan fingerprint density at radius 3 is 2.78 bits per heavy atom. The number of halogens is 1. The maximum atomic E-state index is 14.6. The van der Waals surface area contributed by atoms with E-state index in [1.807, 2.05) is 0 Å². The summed E-state index contributed by atoms with van der Waals surface area (Å²) >= 11 is 0. The second kappa shape index (κ2) is 7.48. The van der Waals surface area contributed by atoms with Crippen LogP contribution in [0.15, 0.2) is 23.3 Å². The van der Waals surface area contributed by atoms with Crippen LogP contribution in [0.2, 0.25) is 0 Å². The highest BCUT2D eigenvalue weighted by molar-refractivity contribution is 5.91. The number of amides is 4. The van der Waals surface area contributed by atoms with E-state index in [4.69, 9.17) is 10.5 Å². The molecule has 2 heterocycles. The van der Waals surface area contributed by atoms with Crippen LogP contribution in [0.3, 0.4) is 0 Å². The molecule has 1 fully saturated rings. The highest BCUT2D eigenvalue weighted by Crippen LogP contribution is 2.28. The summed E-state index contributed by atoms with van der Waals surface area (Å²) < 4.78 is 19.7. The monoisotopic (exact) mass is 378 g/mol. The van der Waals surface area contributed by atoms with Gasteiger partial charge in [-0.05, 0) is 18.2 Å². The van der Waals surface area contributed by atoms with E-state index >= 15 is 0 Å². The normalized spacial score (nSPS) is 19.3. The predicted molar refractivity (Wildman–Crippen MR) is 94.8 cm³/mol. The summed E-state index contributed by atoms with van der Waals surface area (Å²) in [4.78, 5) is 36.9. The first kappa shape index (κ1) is 18.4. The number of benzene rings is 1. The molecule has 1 aromatic carbocycles. The Morgan fingerprint density at radius 2 is 2.19 bits per heavy atom. The molecule has 0 bridgehead atoms. The minimum absolute atomic E-state index is 0.193. The Balaban J connectivity index is 1.70. The summed E-state index contributed by atoms with van der Waals surface area (Å²) in [5.74, 6) is -0.775. The third-order valence-electron chi connectivity index (χ3n) is 4.14. The molecule has 1 atom stereocenters. The van der Waals surface area contributed by atoms with Gasteiger partial charge in [0.15, 0.2) is 0 Å². The molecule has 144 valence electrons. The van der Waals surface area contributed by atoms with Gasteiger partial charge in [0.1, 0.15) is 18.3 Å². The predicted octanol–water partition coefficient (Wildman–Crippen LogP) is 0.431. The first-order chi connectivity index (χ1) is 12.8. The van der Waals surface area contributed by atoms with Crippen molar-refractivity contribution in [2.45, 2.75) is 13.0 Å². The standard InChI is InChI=1S/C16H19FN6O4/c1-10(24)19-7-12-8-22(16(26)27-12)11-2-3-14(13(17)6-11)21-4-5-23(15(18)25)20-9-21/h2-3,6,9,12H,4-5,7-8H2,1H3,(H2,18,25)(H,19,24). The van der Waals surface area contributed by atoms with Gasteiger partial charge in [-0.1, -0.05) is 0 Å². The Hall–Kier alpha value is -3.37. The summed E-state index contributed by atoms with van der Waals surface area (Å²) in [6.45, 7) is 2.33. The van der Waals surface area contributed by atoms with Crippen LogP contribution in [0.1, 0.15) is 6.92 Å². The van der Waals surface area contributed by atoms with Crippen molar-refractivity contribution in [3.8, 4) is 0 Å². The number of urea groups is 1. The number of hydrogen-bond donors (Lipinski definition) is 2. The van der Waals surface area contributed by atoms with E-state index in [1.54, 1.807) is 11.0 Å². The van der Waals surface area contributed by atoms with Crippen LogP contribution < -0.4 is 20.9 Å². The molecule has 11 heteroatoms. The molecular formula is C16H19FN6O4. The van der Waals surface area contributed by atoms with E-state index in [0.29, 0.717) is 12.2 Å². The molecular weight excluding hydrogens is 359 g/mol. The summed E-state index contributed by atoms with van der Waals surface area (Å²) in [6, 6.07) is 3.66. The fourth-order valence-corrected chi connectivity index (χ4v) is 2.79. The fraction of sp³-hybridized carbons (Fsp3) is 0.375. The lowest BCUT2D eigenvalue weighted by atomic mass is 10.2. The average Bonchev–Trinajstić information content (AvgIpc) is 3.01. The number of ether oxygens (including phenoxy) is 1. The van der Waals surface area contributed by atoms with Crippen LogP contribution in [0, 0.1) is 5.82 Å². The van der Waals surface area contributed by atoms with Gasteiger partial charge in [0, 0.05) is 13.5 Å². The molecule has 3 rings (SSSR count). The molecule has 0 aromatic heterocycles. The zero-order valence-corrected chi connectivity index (χ0v) is 14.6. The Bertz CT molecular complexity index is 801. The number of nitrogens with zero attached hydrogens (tertiary/aromatic N) is 4. The van der Waals surface area contributed by atoms with Crippen LogP contribution in [-0.2, 0) is 9.53 Å². The first-order valence-corrected chi connectivity index (χ1v) is 8.25. The van der Waals surface area contributed by atoms with Gasteiger partial charge in [0.2, 0.25) is 5.91 Å². The van der Waals surface area contributed by atoms with Gasteiger partial charge < -0.3 is 20.7 Å². The van der Waals surface area contributed by atoms with Crippen molar-refractivity contribution in [1.29, 1.82) is 0 Å². The van der Waals surface area contributed by atoms with Gasteiger partial charge in [0.05, 0.1) is 31.0 Å². The van der Waals surface area contributed by atoms with Crippen LogP contribution in [-0.4, -0.2) is 61.7 Å². The van der Waals surface area contributed by atoms with Crippen molar-refractivity contribution in [1.82, 2.24) is 10.3 Å². The van der Waals surface area contributed by atoms with Crippen molar-refractivity contribution in [2.24, 2.45) is 10.8 Å². The second-order valence-corrected chi connectivity index (χ2v) is 6.07. The molecule has 0 aliphatic carbocycles. The zero-order chi connectivity index (χ0) is 19.6. The van der Waals surface area contributed by atoms with Gasteiger partial charge in [-0.15, -0.1) is 0 Å². The van der Waals surface area contributed by atoms with Crippen molar-refractivity contribution >= 4 is 35.7 Å². The molecule has 0 saturated carbocycles. The van der Waals surface area contributed by atoms with Crippen molar-refractivity contribution < 1.29 is 23.5 Å². The number of primary amides is 1. The number of cyclic esters (lactones) is 1. The molecule has 1 unspecified atom stereocenters. The minimum atomic E-state index is -0.678. The minimum Gasteiger partial charge on any atom is -0.442 e. The van der Waals surface area contributed by atoms with E-state index in [1.165, 1.54) is 30.3 Å². The number of anilines is 2. The summed E-state index contributed by atoms with van der Waals surface area (Å²) in [6.07, 6.45) is 0.215. The number of hydrazone groups is 1. The number of carbonyl (C=O) groups excluding carboxylic acids is 3. The number of carbonyl (C=O) groups is 3. The van der Waals surface area contributed by atoms with E-state index in [0.717, 1.165) is 5.01 Å². The average molecular weight is 378 g/mol. The van der Waals surface area contributed by atoms with E-state index < -0.39 is 24.0 Å².